The zero-order valence-corrected chi connectivity index (χ0v) is 10.6. The lowest BCUT2D eigenvalue weighted by atomic mass is 10.1. The molecule has 0 saturated carbocycles. The van der Waals surface area contributed by atoms with Gasteiger partial charge in [0.05, 0.1) is 0 Å². The highest BCUT2D eigenvalue weighted by molar-refractivity contribution is 6.28. The molecule has 5 heteroatoms. The lowest BCUT2D eigenvalue weighted by Gasteiger charge is -2.17. The summed E-state index contributed by atoms with van der Waals surface area (Å²) in [5, 5.41) is 1.00. The summed E-state index contributed by atoms with van der Waals surface area (Å²) in [5.41, 5.74) is 0.576. The van der Waals surface area contributed by atoms with E-state index < -0.39 is 0 Å². The Morgan fingerprint density at radius 3 is 2.71 bits per heavy atom. The van der Waals surface area contributed by atoms with Gasteiger partial charge in [-0.25, -0.2) is 4.98 Å². The first-order valence-electron chi connectivity index (χ1n) is 5.71. The van der Waals surface area contributed by atoms with Crippen molar-refractivity contribution in [2.75, 3.05) is 0 Å². The molecule has 0 aliphatic heterocycles. The van der Waals surface area contributed by atoms with Crippen LogP contribution in [0.3, 0.4) is 0 Å². The van der Waals surface area contributed by atoms with Crippen molar-refractivity contribution in [1.29, 1.82) is 0 Å². The average Bonchev–Trinajstić information content (AvgIpc) is 2.33. The Hall–Kier alpha value is -1.42. The van der Waals surface area contributed by atoms with E-state index in [2.05, 4.69) is 23.8 Å². The maximum absolute atomic E-state index is 12.0. The van der Waals surface area contributed by atoms with Gasteiger partial charge in [-0.2, -0.15) is 4.98 Å². The molecule has 2 aromatic heterocycles. The minimum absolute atomic E-state index is 0.0408. The van der Waals surface area contributed by atoms with Crippen molar-refractivity contribution in [2.24, 2.45) is 0 Å². The quantitative estimate of drug-likeness (QED) is 0.788. The zero-order valence-electron chi connectivity index (χ0n) is 9.85. The fraction of sp³-hybridized carbons (Fsp3) is 0.417. The summed E-state index contributed by atoms with van der Waals surface area (Å²) < 4.78 is 1.71. The highest BCUT2D eigenvalue weighted by Gasteiger charge is 2.13. The summed E-state index contributed by atoms with van der Waals surface area (Å²) in [4.78, 5) is 20.1. The van der Waals surface area contributed by atoms with Gasteiger partial charge < -0.3 is 0 Å². The fourth-order valence-corrected chi connectivity index (χ4v) is 2.15. The Balaban J connectivity index is 2.78. The molecule has 2 rings (SSSR count). The van der Waals surface area contributed by atoms with Crippen LogP contribution < -0.4 is 5.56 Å². The van der Waals surface area contributed by atoms with E-state index >= 15 is 0 Å². The van der Waals surface area contributed by atoms with Crippen LogP contribution >= 0.6 is 11.6 Å². The summed E-state index contributed by atoms with van der Waals surface area (Å²) in [6, 6.07) is 3.43. The topological polar surface area (TPSA) is 47.8 Å². The number of hydrogen-bond acceptors (Lipinski definition) is 3. The first-order valence-corrected chi connectivity index (χ1v) is 6.09. The first-order chi connectivity index (χ1) is 8.17. The van der Waals surface area contributed by atoms with Crippen LogP contribution in [0.25, 0.3) is 11.0 Å². The Labute approximate surface area is 104 Å². The molecule has 0 N–H and O–H groups in total. The van der Waals surface area contributed by atoms with Gasteiger partial charge in [0, 0.05) is 23.7 Å². The minimum atomic E-state index is -0.0408. The Bertz CT molecular complexity index is 590. The molecule has 0 fully saturated rings. The van der Waals surface area contributed by atoms with Crippen molar-refractivity contribution in [2.45, 2.75) is 32.7 Å². The molecule has 2 aromatic rings. The van der Waals surface area contributed by atoms with E-state index in [0.29, 0.717) is 5.65 Å². The van der Waals surface area contributed by atoms with Gasteiger partial charge in [0.2, 0.25) is 5.28 Å². The Morgan fingerprint density at radius 1 is 1.35 bits per heavy atom. The van der Waals surface area contributed by atoms with Crippen molar-refractivity contribution in [3.05, 3.63) is 34.0 Å². The van der Waals surface area contributed by atoms with Gasteiger partial charge in [0.1, 0.15) is 5.65 Å². The summed E-state index contributed by atoms with van der Waals surface area (Å²) in [6.07, 6.45) is 3.41. The molecule has 0 radical (unpaired) electrons. The van der Waals surface area contributed by atoms with Gasteiger partial charge in [0.25, 0.3) is 5.56 Å². The predicted octanol–water partition coefficient (Wildman–Crippen LogP) is 2.81. The lowest BCUT2D eigenvalue weighted by molar-refractivity contribution is 0.470. The molecule has 17 heavy (non-hydrogen) atoms. The summed E-state index contributed by atoms with van der Waals surface area (Å²) in [6.45, 7) is 4.12. The van der Waals surface area contributed by atoms with E-state index in [1.807, 2.05) is 0 Å². The Morgan fingerprint density at radius 2 is 2.06 bits per heavy atom. The van der Waals surface area contributed by atoms with Gasteiger partial charge >= 0.3 is 0 Å². The SMILES string of the molecule is CCC(CC)n1c(=O)ccc2cnc(Cl)nc21. The molecule has 0 atom stereocenters. The molecule has 0 unspecified atom stereocenters. The molecule has 0 saturated heterocycles. The Kier molecular flexibility index (Phi) is 3.43. The van der Waals surface area contributed by atoms with E-state index in [9.17, 15) is 4.79 Å². The van der Waals surface area contributed by atoms with Crippen LogP contribution in [-0.4, -0.2) is 14.5 Å². The molecule has 0 amide bonds. The van der Waals surface area contributed by atoms with Crippen molar-refractivity contribution in [3.8, 4) is 0 Å². The van der Waals surface area contributed by atoms with E-state index in [1.54, 1.807) is 22.9 Å². The number of aromatic nitrogens is 3. The maximum Gasteiger partial charge on any atom is 0.252 e. The molecular formula is C12H14ClN3O. The van der Waals surface area contributed by atoms with Crippen molar-refractivity contribution < 1.29 is 0 Å². The van der Waals surface area contributed by atoms with Gasteiger partial charge in [-0.3, -0.25) is 9.36 Å². The van der Waals surface area contributed by atoms with Crippen molar-refractivity contribution in [3.63, 3.8) is 0 Å². The van der Waals surface area contributed by atoms with Gasteiger partial charge in [-0.1, -0.05) is 13.8 Å². The van der Waals surface area contributed by atoms with Crippen molar-refractivity contribution in [1.82, 2.24) is 14.5 Å². The molecule has 90 valence electrons. The zero-order chi connectivity index (χ0) is 12.4. The molecule has 0 aromatic carbocycles. The lowest BCUT2D eigenvalue weighted by Crippen LogP contribution is -2.24. The summed E-state index contributed by atoms with van der Waals surface area (Å²) >= 11 is 5.80. The van der Waals surface area contributed by atoms with Crippen LogP contribution in [0.1, 0.15) is 32.7 Å². The fourth-order valence-electron chi connectivity index (χ4n) is 2.02. The number of pyridine rings is 1. The summed E-state index contributed by atoms with van der Waals surface area (Å²) in [7, 11) is 0. The third-order valence-electron chi connectivity index (χ3n) is 2.95. The van der Waals surface area contributed by atoms with Crippen molar-refractivity contribution >= 4 is 22.6 Å². The molecule has 0 bridgehead atoms. The largest absolute Gasteiger partial charge is 0.289 e. The van der Waals surface area contributed by atoms with E-state index in [1.165, 1.54) is 0 Å². The third-order valence-corrected chi connectivity index (χ3v) is 3.13. The van der Waals surface area contributed by atoms with Crippen LogP contribution in [0.4, 0.5) is 0 Å². The van der Waals surface area contributed by atoms with Gasteiger partial charge in [0.15, 0.2) is 0 Å². The number of rotatable bonds is 3. The molecule has 0 aliphatic carbocycles. The number of halogens is 1. The van der Waals surface area contributed by atoms with Crippen LogP contribution in [0.2, 0.25) is 5.28 Å². The normalized spacial score (nSPS) is 11.3. The third kappa shape index (κ3) is 2.17. The van der Waals surface area contributed by atoms with E-state index in [0.717, 1.165) is 18.2 Å². The molecule has 2 heterocycles. The highest BCUT2D eigenvalue weighted by Crippen LogP contribution is 2.19. The van der Waals surface area contributed by atoms with Gasteiger partial charge in [-0.05, 0) is 30.5 Å². The predicted molar refractivity (Wildman–Crippen MR) is 68.4 cm³/mol. The standard InChI is InChI=1S/C12H14ClN3O/c1-3-9(4-2)16-10(17)6-5-8-7-14-12(13)15-11(8)16/h5-7,9H,3-4H2,1-2H3. The number of nitrogens with zero attached hydrogens (tertiary/aromatic N) is 3. The smallest absolute Gasteiger partial charge is 0.252 e. The average molecular weight is 252 g/mol. The van der Waals surface area contributed by atoms with E-state index in [-0.39, 0.29) is 16.9 Å². The first kappa shape index (κ1) is 12.0. The van der Waals surface area contributed by atoms with Crippen LogP contribution in [-0.2, 0) is 0 Å². The van der Waals surface area contributed by atoms with E-state index in [4.69, 9.17) is 11.6 Å². The van der Waals surface area contributed by atoms with Crippen LogP contribution in [0.15, 0.2) is 23.1 Å². The maximum atomic E-state index is 12.0. The molecular weight excluding hydrogens is 238 g/mol. The monoisotopic (exact) mass is 251 g/mol. The second-order valence-electron chi connectivity index (χ2n) is 3.93. The molecule has 4 nitrogen and oxygen atoms in total. The van der Waals surface area contributed by atoms with Gasteiger partial charge in [-0.15, -0.1) is 0 Å². The second-order valence-corrected chi connectivity index (χ2v) is 4.27. The van der Waals surface area contributed by atoms with Crippen LogP contribution in [0.5, 0.6) is 0 Å². The minimum Gasteiger partial charge on any atom is -0.289 e. The number of fused-ring (bicyclic) bond motifs is 1. The molecule has 0 aliphatic rings. The van der Waals surface area contributed by atoms with Crippen LogP contribution in [0, 0.1) is 0 Å². The molecule has 0 spiro atoms. The second kappa shape index (κ2) is 4.84. The highest BCUT2D eigenvalue weighted by atomic mass is 35.5. The summed E-state index contributed by atoms with van der Waals surface area (Å²) in [5.74, 6) is 0. The number of hydrogen-bond donors (Lipinski definition) is 0.